The van der Waals surface area contributed by atoms with E-state index in [9.17, 15) is 19.7 Å². The van der Waals surface area contributed by atoms with Gasteiger partial charge in [-0.25, -0.2) is 0 Å². The Balaban J connectivity index is 1.66. The lowest BCUT2D eigenvalue weighted by molar-refractivity contribution is -0.384. The molecule has 9 heteroatoms. The van der Waals surface area contributed by atoms with E-state index in [0.717, 1.165) is 41.0 Å². The molecule has 1 heterocycles. The number of nitro benzene ring substituents is 1. The third-order valence-electron chi connectivity index (χ3n) is 4.09. The number of carbonyl (C=O) groups is 2. The highest BCUT2D eigenvalue weighted by Crippen LogP contribution is 2.38. The van der Waals surface area contributed by atoms with Crippen LogP contribution in [0, 0.1) is 10.1 Å². The molecule has 0 saturated heterocycles. The summed E-state index contributed by atoms with van der Waals surface area (Å²) in [6, 6.07) is 6.01. The lowest BCUT2D eigenvalue weighted by Gasteiger charge is -2.11. The van der Waals surface area contributed by atoms with Crippen LogP contribution in [0.4, 0.5) is 10.7 Å². The number of anilines is 1. The molecule has 1 aliphatic rings. The van der Waals surface area contributed by atoms with Crippen molar-refractivity contribution in [2.24, 2.45) is 5.73 Å². The smallest absolute Gasteiger partial charge is 0.269 e. The molecule has 0 unspecified atom stereocenters. The molecule has 1 aromatic carbocycles. The molecule has 136 valence electrons. The number of carbonyl (C=O) groups excluding carboxylic acids is 2. The Hall–Kier alpha value is -2.39. The van der Waals surface area contributed by atoms with E-state index in [0.29, 0.717) is 10.6 Å². The van der Waals surface area contributed by atoms with E-state index in [4.69, 9.17) is 5.73 Å². The van der Waals surface area contributed by atoms with Crippen LogP contribution in [0.2, 0.25) is 0 Å². The number of thiophene rings is 1. The van der Waals surface area contributed by atoms with E-state index in [2.05, 4.69) is 5.32 Å². The molecule has 26 heavy (non-hydrogen) atoms. The highest BCUT2D eigenvalue weighted by atomic mass is 32.2. The standard InChI is InChI=1S/C17H17N3O4S2/c18-16(22)15-12-3-1-2-4-13(12)26-17(15)19-14(21)9-25-11-7-5-10(6-8-11)20(23)24/h5-8H,1-4,9H2,(H2,18,22)(H,19,21). The monoisotopic (exact) mass is 391 g/mol. The molecule has 0 radical (unpaired) electrons. The number of hydrogen-bond donors (Lipinski definition) is 2. The van der Waals surface area contributed by atoms with Gasteiger partial charge in [0.1, 0.15) is 5.00 Å². The zero-order chi connectivity index (χ0) is 18.7. The minimum Gasteiger partial charge on any atom is -0.365 e. The van der Waals surface area contributed by atoms with Crippen LogP contribution in [0.1, 0.15) is 33.6 Å². The fourth-order valence-corrected chi connectivity index (χ4v) is 4.90. The largest absolute Gasteiger partial charge is 0.365 e. The number of primary amides is 1. The molecule has 1 aromatic heterocycles. The van der Waals surface area contributed by atoms with Gasteiger partial charge < -0.3 is 11.1 Å². The van der Waals surface area contributed by atoms with Crippen molar-refractivity contribution in [2.75, 3.05) is 11.1 Å². The molecule has 3 N–H and O–H groups in total. The number of fused-ring (bicyclic) bond motifs is 1. The van der Waals surface area contributed by atoms with E-state index >= 15 is 0 Å². The average molecular weight is 391 g/mol. The van der Waals surface area contributed by atoms with Crippen LogP contribution in [0.25, 0.3) is 0 Å². The molecular weight excluding hydrogens is 374 g/mol. The number of nitrogens with zero attached hydrogens (tertiary/aromatic N) is 1. The summed E-state index contributed by atoms with van der Waals surface area (Å²) in [5.74, 6) is -0.615. The highest BCUT2D eigenvalue weighted by Gasteiger charge is 2.24. The predicted octanol–water partition coefficient (Wildman–Crippen LogP) is 3.36. The second-order valence-corrected chi connectivity index (χ2v) is 8.02. The van der Waals surface area contributed by atoms with E-state index in [1.165, 1.54) is 35.2 Å². The molecule has 0 aliphatic heterocycles. The summed E-state index contributed by atoms with van der Waals surface area (Å²) < 4.78 is 0. The van der Waals surface area contributed by atoms with Crippen molar-refractivity contribution >= 4 is 45.6 Å². The molecule has 0 saturated carbocycles. The summed E-state index contributed by atoms with van der Waals surface area (Å²) in [6.07, 6.45) is 3.83. The zero-order valence-corrected chi connectivity index (χ0v) is 15.5. The number of hydrogen-bond acceptors (Lipinski definition) is 6. The van der Waals surface area contributed by atoms with Crippen LogP contribution < -0.4 is 11.1 Å². The number of nitro groups is 1. The van der Waals surface area contributed by atoms with Crippen molar-refractivity contribution in [3.63, 3.8) is 0 Å². The van der Waals surface area contributed by atoms with Crippen molar-refractivity contribution in [2.45, 2.75) is 30.6 Å². The molecule has 0 fully saturated rings. The first-order chi connectivity index (χ1) is 12.5. The van der Waals surface area contributed by atoms with Crippen LogP contribution in [0.3, 0.4) is 0 Å². The summed E-state index contributed by atoms with van der Waals surface area (Å²) in [7, 11) is 0. The highest BCUT2D eigenvalue weighted by molar-refractivity contribution is 8.00. The molecule has 2 amide bonds. The van der Waals surface area contributed by atoms with Gasteiger partial charge in [0.2, 0.25) is 5.91 Å². The van der Waals surface area contributed by atoms with Crippen molar-refractivity contribution in [1.29, 1.82) is 0 Å². The SMILES string of the molecule is NC(=O)c1c(NC(=O)CSc2ccc([N+](=O)[O-])cc2)sc2c1CCCC2. The number of nitrogens with one attached hydrogen (secondary N) is 1. The van der Waals surface area contributed by atoms with Gasteiger partial charge in [-0.15, -0.1) is 23.1 Å². The quantitative estimate of drug-likeness (QED) is 0.445. The molecule has 1 aliphatic carbocycles. The molecule has 2 aromatic rings. The fourth-order valence-electron chi connectivity index (χ4n) is 2.89. The Labute approximate surface area is 158 Å². The van der Waals surface area contributed by atoms with Crippen molar-refractivity contribution in [1.82, 2.24) is 0 Å². The lowest BCUT2D eigenvalue weighted by atomic mass is 9.95. The number of rotatable bonds is 6. The Morgan fingerprint density at radius 3 is 2.58 bits per heavy atom. The van der Waals surface area contributed by atoms with Gasteiger partial charge in [-0.3, -0.25) is 19.7 Å². The summed E-state index contributed by atoms with van der Waals surface area (Å²) in [5.41, 5.74) is 6.95. The van der Waals surface area contributed by atoms with Gasteiger partial charge in [0.25, 0.3) is 11.6 Å². The minimum absolute atomic E-state index is 0.00840. The molecule has 0 bridgehead atoms. The maximum absolute atomic E-state index is 12.3. The average Bonchev–Trinajstić information content (AvgIpc) is 2.98. The van der Waals surface area contributed by atoms with Crippen molar-refractivity contribution in [3.8, 4) is 0 Å². The summed E-state index contributed by atoms with van der Waals surface area (Å²) in [6.45, 7) is 0. The van der Waals surface area contributed by atoms with Crippen molar-refractivity contribution in [3.05, 3.63) is 50.4 Å². The molecule has 0 atom stereocenters. The van der Waals surface area contributed by atoms with Gasteiger partial charge in [-0.05, 0) is 43.4 Å². The lowest BCUT2D eigenvalue weighted by Crippen LogP contribution is -2.19. The summed E-state index contributed by atoms with van der Waals surface area (Å²) in [5, 5.41) is 14.0. The second kappa shape index (κ2) is 7.88. The maximum Gasteiger partial charge on any atom is 0.269 e. The normalized spacial score (nSPS) is 13.1. The Kier molecular flexibility index (Phi) is 5.58. The van der Waals surface area contributed by atoms with Gasteiger partial charge in [0.15, 0.2) is 0 Å². The van der Waals surface area contributed by atoms with E-state index in [1.54, 1.807) is 12.1 Å². The molecule has 3 rings (SSSR count). The van der Waals surface area contributed by atoms with Crippen LogP contribution in [-0.4, -0.2) is 22.5 Å². The van der Waals surface area contributed by atoms with Gasteiger partial charge in [-0.2, -0.15) is 0 Å². The predicted molar refractivity (Wildman–Crippen MR) is 102 cm³/mol. The van der Waals surface area contributed by atoms with E-state index < -0.39 is 10.8 Å². The summed E-state index contributed by atoms with van der Waals surface area (Å²) in [4.78, 5) is 36.1. The Bertz CT molecular complexity index is 862. The number of non-ortho nitro benzene ring substituents is 1. The number of thioether (sulfide) groups is 1. The van der Waals surface area contributed by atoms with E-state index in [1.807, 2.05) is 0 Å². The first-order valence-electron chi connectivity index (χ1n) is 8.07. The van der Waals surface area contributed by atoms with E-state index in [-0.39, 0.29) is 17.3 Å². The van der Waals surface area contributed by atoms with Gasteiger partial charge in [0, 0.05) is 21.9 Å². The Morgan fingerprint density at radius 2 is 1.92 bits per heavy atom. The van der Waals surface area contributed by atoms with Gasteiger partial charge >= 0.3 is 0 Å². The van der Waals surface area contributed by atoms with Crippen LogP contribution in [-0.2, 0) is 17.6 Å². The summed E-state index contributed by atoms with van der Waals surface area (Å²) >= 11 is 2.70. The number of aryl methyl sites for hydroxylation is 1. The molecule has 0 spiro atoms. The zero-order valence-electron chi connectivity index (χ0n) is 13.8. The minimum atomic E-state index is -0.511. The number of benzene rings is 1. The Morgan fingerprint density at radius 1 is 1.23 bits per heavy atom. The van der Waals surface area contributed by atoms with Crippen LogP contribution in [0.5, 0.6) is 0 Å². The van der Waals surface area contributed by atoms with Gasteiger partial charge in [0.05, 0.1) is 16.2 Å². The van der Waals surface area contributed by atoms with Crippen LogP contribution in [0.15, 0.2) is 29.2 Å². The third-order valence-corrected chi connectivity index (χ3v) is 6.31. The topological polar surface area (TPSA) is 115 Å². The third kappa shape index (κ3) is 4.05. The first-order valence-corrected chi connectivity index (χ1v) is 9.87. The van der Waals surface area contributed by atoms with Gasteiger partial charge in [-0.1, -0.05) is 0 Å². The fraction of sp³-hybridized carbons (Fsp3) is 0.294. The van der Waals surface area contributed by atoms with Crippen LogP contribution >= 0.6 is 23.1 Å². The molecular formula is C17H17N3O4S2. The second-order valence-electron chi connectivity index (χ2n) is 5.87. The number of nitrogens with two attached hydrogens (primary N) is 1. The molecule has 7 nitrogen and oxygen atoms in total. The number of amides is 2. The first kappa shape index (κ1) is 18.4. The maximum atomic E-state index is 12.3. The van der Waals surface area contributed by atoms with Crippen molar-refractivity contribution < 1.29 is 14.5 Å².